The Balaban J connectivity index is 1.73. The maximum Gasteiger partial charge on any atom is 0.244 e. The van der Waals surface area contributed by atoms with E-state index in [1.54, 1.807) is 42.5 Å². The fourth-order valence-corrected chi connectivity index (χ4v) is 6.61. The first-order chi connectivity index (χ1) is 20.5. The number of hydrogen-bond acceptors (Lipinski definition) is 5. The van der Waals surface area contributed by atoms with Gasteiger partial charge in [0.1, 0.15) is 18.3 Å². The zero-order valence-corrected chi connectivity index (χ0v) is 26.7. The molecule has 1 aliphatic rings. The van der Waals surface area contributed by atoms with Crippen molar-refractivity contribution < 1.29 is 22.7 Å². The van der Waals surface area contributed by atoms with Crippen LogP contribution in [-0.2, 0) is 32.6 Å². The Morgan fingerprint density at radius 2 is 1.65 bits per heavy atom. The smallest absolute Gasteiger partial charge is 0.244 e. The second-order valence-electron chi connectivity index (χ2n) is 10.8. The van der Waals surface area contributed by atoms with Gasteiger partial charge in [-0.1, -0.05) is 78.9 Å². The van der Waals surface area contributed by atoms with Gasteiger partial charge >= 0.3 is 0 Å². The first kappa shape index (κ1) is 32.6. The minimum absolute atomic E-state index is 0.0161. The lowest BCUT2D eigenvalue weighted by Gasteiger charge is -2.35. The average Bonchev–Trinajstić information content (AvgIpc) is 2.99. The molecule has 1 aliphatic carbocycles. The molecule has 0 heterocycles. The van der Waals surface area contributed by atoms with Crippen molar-refractivity contribution in [3.63, 3.8) is 0 Å². The molecular formula is C32H37Cl2N3O5S. The SMILES string of the molecule is COc1ccc(N(CC(=O)N(Cc2ccc(Cl)cc2Cl)[C@H](Cc2ccccc2)C(=O)NC2CCCCC2)S(C)(=O)=O)cc1. The zero-order chi connectivity index (χ0) is 31.0. The number of benzene rings is 3. The first-order valence-electron chi connectivity index (χ1n) is 14.2. The normalized spacial score (nSPS) is 14.5. The molecule has 1 atom stereocenters. The van der Waals surface area contributed by atoms with Crippen LogP contribution in [0.2, 0.25) is 10.0 Å². The Hall–Kier alpha value is -3.27. The van der Waals surface area contributed by atoms with Crippen molar-refractivity contribution in [2.24, 2.45) is 0 Å². The maximum absolute atomic E-state index is 14.3. The van der Waals surface area contributed by atoms with Crippen LogP contribution in [-0.4, -0.2) is 57.1 Å². The van der Waals surface area contributed by atoms with Crippen LogP contribution < -0.4 is 14.4 Å². The van der Waals surface area contributed by atoms with Crippen molar-refractivity contribution >= 4 is 50.7 Å². The van der Waals surface area contributed by atoms with E-state index in [-0.39, 0.29) is 24.9 Å². The van der Waals surface area contributed by atoms with Crippen molar-refractivity contribution in [2.75, 3.05) is 24.2 Å². The lowest BCUT2D eigenvalue weighted by atomic mass is 9.94. The van der Waals surface area contributed by atoms with Crippen LogP contribution in [0.1, 0.15) is 43.2 Å². The third kappa shape index (κ3) is 9.11. The number of nitrogens with one attached hydrogen (secondary N) is 1. The van der Waals surface area contributed by atoms with E-state index in [2.05, 4.69) is 5.32 Å². The van der Waals surface area contributed by atoms with Crippen LogP contribution in [0, 0.1) is 0 Å². The number of halogens is 2. The van der Waals surface area contributed by atoms with Crippen molar-refractivity contribution in [3.05, 3.63) is 94.0 Å². The molecule has 0 unspecified atom stereocenters. The second kappa shape index (κ2) is 14.9. The van der Waals surface area contributed by atoms with Gasteiger partial charge in [0.05, 0.1) is 19.1 Å². The van der Waals surface area contributed by atoms with E-state index in [1.165, 1.54) is 12.0 Å². The summed E-state index contributed by atoms with van der Waals surface area (Å²) in [5.41, 5.74) is 1.74. The maximum atomic E-state index is 14.3. The lowest BCUT2D eigenvalue weighted by Crippen LogP contribution is -2.55. The van der Waals surface area contributed by atoms with Gasteiger partial charge in [-0.05, 0) is 60.4 Å². The van der Waals surface area contributed by atoms with Crippen LogP contribution in [0.15, 0.2) is 72.8 Å². The van der Waals surface area contributed by atoms with Crippen LogP contribution >= 0.6 is 23.2 Å². The standard InChI is InChI=1S/C32H37Cl2N3O5S/c1-42-28-17-15-27(16-18-28)37(43(2,40)41)22-31(38)36(21-24-13-14-25(33)20-29(24)34)30(19-23-9-5-3-6-10-23)32(39)35-26-11-7-4-8-12-26/h3,5-6,9-10,13-18,20,26,30H,4,7-8,11-12,19,21-22H2,1-2H3,(H,35,39)/t30-/m1/s1. The van der Waals surface area contributed by atoms with E-state index >= 15 is 0 Å². The predicted octanol–water partition coefficient (Wildman–Crippen LogP) is 5.86. The predicted molar refractivity (Wildman–Crippen MR) is 171 cm³/mol. The summed E-state index contributed by atoms with van der Waals surface area (Å²) in [5, 5.41) is 3.95. The van der Waals surface area contributed by atoms with Crippen LogP contribution in [0.3, 0.4) is 0 Å². The second-order valence-corrected chi connectivity index (χ2v) is 13.5. The molecule has 43 heavy (non-hydrogen) atoms. The minimum atomic E-state index is -3.88. The van der Waals surface area contributed by atoms with Gasteiger partial charge in [-0.15, -0.1) is 0 Å². The zero-order valence-electron chi connectivity index (χ0n) is 24.3. The summed E-state index contributed by atoms with van der Waals surface area (Å²) >= 11 is 12.7. The monoisotopic (exact) mass is 645 g/mol. The van der Waals surface area contributed by atoms with Gasteiger partial charge in [-0.2, -0.15) is 0 Å². The van der Waals surface area contributed by atoms with Gasteiger partial charge in [-0.3, -0.25) is 13.9 Å². The van der Waals surface area contributed by atoms with Crippen LogP contribution in [0.5, 0.6) is 5.75 Å². The number of amides is 2. The molecule has 0 aliphatic heterocycles. The summed E-state index contributed by atoms with van der Waals surface area (Å²) in [4.78, 5) is 29.7. The van der Waals surface area contributed by atoms with E-state index in [9.17, 15) is 18.0 Å². The molecule has 1 fully saturated rings. The number of ether oxygens (including phenoxy) is 1. The molecule has 0 saturated heterocycles. The largest absolute Gasteiger partial charge is 0.497 e. The topological polar surface area (TPSA) is 96.0 Å². The summed E-state index contributed by atoms with van der Waals surface area (Å²) in [6.45, 7) is -0.539. The minimum Gasteiger partial charge on any atom is -0.497 e. The molecule has 8 nitrogen and oxygen atoms in total. The van der Waals surface area contributed by atoms with Crippen LogP contribution in [0.4, 0.5) is 5.69 Å². The quantitative estimate of drug-likeness (QED) is 0.266. The van der Waals surface area contributed by atoms with Gasteiger partial charge < -0.3 is 15.0 Å². The number of carbonyl (C=O) groups excluding carboxylic acids is 2. The highest BCUT2D eigenvalue weighted by molar-refractivity contribution is 7.92. The summed E-state index contributed by atoms with van der Waals surface area (Å²) in [6, 6.07) is 19.9. The van der Waals surface area contributed by atoms with Crippen molar-refractivity contribution in [1.82, 2.24) is 10.2 Å². The van der Waals surface area contributed by atoms with Gasteiger partial charge in [0, 0.05) is 29.1 Å². The average molecular weight is 647 g/mol. The highest BCUT2D eigenvalue weighted by Gasteiger charge is 2.34. The molecular weight excluding hydrogens is 609 g/mol. The molecule has 3 aromatic rings. The summed E-state index contributed by atoms with van der Waals surface area (Å²) in [5.74, 6) is -0.290. The van der Waals surface area contributed by atoms with Crippen LogP contribution in [0.25, 0.3) is 0 Å². The van der Waals surface area contributed by atoms with E-state index in [1.807, 2.05) is 30.3 Å². The molecule has 230 valence electrons. The molecule has 0 spiro atoms. The van der Waals surface area contributed by atoms with Crippen molar-refractivity contribution in [1.29, 1.82) is 0 Å². The summed E-state index contributed by atoms with van der Waals surface area (Å²) < 4.78 is 32.2. The number of sulfonamides is 1. The number of rotatable bonds is 12. The number of nitrogens with zero attached hydrogens (tertiary/aromatic N) is 2. The fourth-order valence-electron chi connectivity index (χ4n) is 5.29. The molecule has 2 amide bonds. The Morgan fingerprint density at radius 3 is 2.26 bits per heavy atom. The van der Waals surface area contributed by atoms with Gasteiger partial charge in [0.25, 0.3) is 0 Å². The molecule has 3 aromatic carbocycles. The van der Waals surface area contributed by atoms with E-state index in [0.717, 1.165) is 48.2 Å². The highest BCUT2D eigenvalue weighted by atomic mass is 35.5. The third-order valence-corrected chi connectivity index (χ3v) is 9.35. The molecule has 11 heteroatoms. The van der Waals surface area contributed by atoms with Crippen molar-refractivity contribution in [2.45, 2.75) is 57.2 Å². The number of carbonyl (C=O) groups is 2. The molecule has 0 radical (unpaired) electrons. The molecule has 0 bridgehead atoms. The van der Waals surface area contributed by atoms with Gasteiger partial charge in [0.15, 0.2) is 0 Å². The van der Waals surface area contributed by atoms with E-state index in [4.69, 9.17) is 27.9 Å². The molecule has 1 N–H and O–H groups in total. The summed E-state index contributed by atoms with van der Waals surface area (Å²) in [6.07, 6.45) is 6.22. The number of hydrogen-bond donors (Lipinski definition) is 1. The Morgan fingerprint density at radius 1 is 0.977 bits per heavy atom. The fraction of sp³-hybridized carbons (Fsp3) is 0.375. The first-order valence-corrected chi connectivity index (χ1v) is 16.8. The Labute approximate surface area is 264 Å². The van der Waals surface area contributed by atoms with E-state index < -0.39 is 28.5 Å². The van der Waals surface area contributed by atoms with Crippen molar-refractivity contribution in [3.8, 4) is 5.75 Å². The summed E-state index contributed by atoms with van der Waals surface area (Å²) in [7, 11) is -2.37. The Bertz CT molecular complexity index is 1500. The Kier molecular flexibility index (Phi) is 11.3. The molecule has 0 aromatic heterocycles. The van der Waals surface area contributed by atoms with Gasteiger partial charge in [0.2, 0.25) is 21.8 Å². The lowest BCUT2D eigenvalue weighted by molar-refractivity contribution is -0.140. The molecule has 1 saturated carbocycles. The number of anilines is 1. The van der Waals surface area contributed by atoms with E-state index in [0.29, 0.717) is 27.0 Å². The third-order valence-electron chi connectivity index (χ3n) is 7.62. The number of methoxy groups -OCH3 is 1. The highest BCUT2D eigenvalue weighted by Crippen LogP contribution is 2.26. The molecule has 4 rings (SSSR count). The van der Waals surface area contributed by atoms with Gasteiger partial charge in [-0.25, -0.2) is 8.42 Å².